The molecular weight excluding hydrogens is 168 g/mol. The Morgan fingerprint density at radius 1 is 1.54 bits per heavy atom. The molecule has 0 saturated carbocycles. The van der Waals surface area contributed by atoms with Crippen LogP contribution in [0.4, 0.5) is 0 Å². The molecule has 4 heteroatoms. The number of amides is 1. The first-order chi connectivity index (χ1) is 6.33. The summed E-state index contributed by atoms with van der Waals surface area (Å²) < 4.78 is 5.45. The number of hydrogen-bond acceptors (Lipinski definition) is 3. The number of nitrogens with one attached hydrogen (secondary N) is 2. The van der Waals surface area contributed by atoms with Gasteiger partial charge in [0.05, 0.1) is 6.10 Å². The van der Waals surface area contributed by atoms with Crippen molar-refractivity contribution in [3.05, 3.63) is 0 Å². The summed E-state index contributed by atoms with van der Waals surface area (Å²) in [6, 6.07) is 0. The minimum atomic E-state index is -0.0129. The average molecular weight is 186 g/mol. The molecule has 0 aromatic carbocycles. The zero-order valence-corrected chi connectivity index (χ0v) is 8.14. The van der Waals surface area contributed by atoms with Crippen molar-refractivity contribution in [2.24, 2.45) is 0 Å². The topological polar surface area (TPSA) is 50.4 Å². The summed E-state index contributed by atoms with van der Waals surface area (Å²) in [7, 11) is 0. The maximum absolute atomic E-state index is 11.0. The first kappa shape index (κ1) is 10.5. The van der Waals surface area contributed by atoms with Crippen LogP contribution in [0.5, 0.6) is 0 Å². The lowest BCUT2D eigenvalue weighted by Gasteiger charge is -2.22. The fraction of sp³-hybridized carbons (Fsp3) is 0.889. The van der Waals surface area contributed by atoms with Crippen LogP contribution in [0.1, 0.15) is 19.8 Å². The van der Waals surface area contributed by atoms with E-state index < -0.39 is 0 Å². The predicted molar refractivity (Wildman–Crippen MR) is 50.5 cm³/mol. The second-order valence-corrected chi connectivity index (χ2v) is 3.21. The van der Waals surface area contributed by atoms with E-state index in [1.54, 1.807) is 0 Å². The monoisotopic (exact) mass is 186 g/mol. The fourth-order valence-electron chi connectivity index (χ4n) is 1.40. The van der Waals surface area contributed by atoms with Crippen LogP contribution < -0.4 is 10.6 Å². The smallest absolute Gasteiger partial charge is 0.246 e. The van der Waals surface area contributed by atoms with Gasteiger partial charge in [0.2, 0.25) is 5.91 Å². The molecule has 0 radical (unpaired) electrons. The Labute approximate surface area is 79.0 Å². The van der Waals surface area contributed by atoms with Crippen LogP contribution in [0.25, 0.3) is 0 Å². The van der Waals surface area contributed by atoms with Crippen LogP contribution in [-0.2, 0) is 9.53 Å². The first-order valence-corrected chi connectivity index (χ1v) is 4.92. The molecule has 1 aliphatic rings. The molecule has 1 saturated heterocycles. The number of rotatable bonds is 4. The quantitative estimate of drug-likeness (QED) is 0.644. The highest BCUT2D eigenvalue weighted by Crippen LogP contribution is 2.06. The Bertz CT molecular complexity index is 156. The molecule has 0 bridgehead atoms. The summed E-state index contributed by atoms with van der Waals surface area (Å²) in [5.74, 6) is -0.0129. The van der Waals surface area contributed by atoms with Gasteiger partial charge in [-0.15, -0.1) is 0 Å². The molecule has 1 fully saturated rings. The molecule has 0 atom stereocenters. The van der Waals surface area contributed by atoms with E-state index in [-0.39, 0.29) is 18.6 Å². The average Bonchev–Trinajstić information content (AvgIpc) is 2.17. The van der Waals surface area contributed by atoms with Crippen LogP contribution >= 0.6 is 0 Å². The van der Waals surface area contributed by atoms with Crippen LogP contribution in [0.2, 0.25) is 0 Å². The van der Waals surface area contributed by atoms with Crippen LogP contribution in [0.3, 0.4) is 0 Å². The summed E-state index contributed by atoms with van der Waals surface area (Å²) in [5, 5.41) is 5.95. The van der Waals surface area contributed by atoms with Crippen molar-refractivity contribution in [3.8, 4) is 0 Å². The lowest BCUT2D eigenvalue weighted by atomic mass is 10.1. The number of hydrogen-bond donors (Lipinski definition) is 2. The molecule has 0 aromatic rings. The molecule has 2 N–H and O–H groups in total. The van der Waals surface area contributed by atoms with Gasteiger partial charge in [-0.1, -0.05) is 0 Å². The zero-order valence-electron chi connectivity index (χ0n) is 8.14. The number of carbonyl (C=O) groups excluding carboxylic acids is 1. The molecule has 76 valence electrons. The maximum atomic E-state index is 11.0. The Hall–Kier alpha value is -0.610. The summed E-state index contributed by atoms with van der Waals surface area (Å²) >= 11 is 0. The van der Waals surface area contributed by atoms with E-state index in [0.717, 1.165) is 25.9 Å². The van der Waals surface area contributed by atoms with Crippen molar-refractivity contribution >= 4 is 5.91 Å². The third-order valence-corrected chi connectivity index (χ3v) is 2.11. The second kappa shape index (κ2) is 5.94. The highest BCUT2D eigenvalue weighted by atomic mass is 16.5. The highest BCUT2D eigenvalue weighted by Gasteiger charge is 2.14. The Morgan fingerprint density at radius 3 is 2.85 bits per heavy atom. The molecule has 13 heavy (non-hydrogen) atoms. The van der Waals surface area contributed by atoms with E-state index in [4.69, 9.17) is 4.74 Å². The van der Waals surface area contributed by atoms with Gasteiger partial charge < -0.3 is 15.4 Å². The Kier molecular flexibility index (Phi) is 4.78. The molecule has 0 spiro atoms. The van der Waals surface area contributed by atoms with Crippen molar-refractivity contribution < 1.29 is 9.53 Å². The van der Waals surface area contributed by atoms with E-state index in [2.05, 4.69) is 10.6 Å². The van der Waals surface area contributed by atoms with Gasteiger partial charge in [0.15, 0.2) is 0 Å². The van der Waals surface area contributed by atoms with Crippen LogP contribution in [0.15, 0.2) is 0 Å². The first-order valence-electron chi connectivity index (χ1n) is 4.92. The summed E-state index contributed by atoms with van der Waals surface area (Å²) in [4.78, 5) is 11.0. The van der Waals surface area contributed by atoms with Gasteiger partial charge in [-0.2, -0.15) is 0 Å². The van der Waals surface area contributed by atoms with Crippen LogP contribution in [0, 0.1) is 0 Å². The SMILES string of the molecule is CCNC(=O)COC1CCNCC1. The van der Waals surface area contributed by atoms with E-state index in [0.29, 0.717) is 6.54 Å². The zero-order chi connectivity index (χ0) is 9.52. The van der Waals surface area contributed by atoms with Crippen molar-refractivity contribution in [1.82, 2.24) is 10.6 Å². The van der Waals surface area contributed by atoms with Crippen molar-refractivity contribution in [2.45, 2.75) is 25.9 Å². The molecular formula is C9H18N2O2. The summed E-state index contributed by atoms with van der Waals surface area (Å²) in [6.45, 7) is 4.79. The predicted octanol–water partition coefficient (Wildman–Crippen LogP) is -0.109. The van der Waals surface area contributed by atoms with Gasteiger partial charge in [0.25, 0.3) is 0 Å². The number of piperidine rings is 1. The number of carbonyl (C=O) groups is 1. The Balaban J connectivity index is 2.06. The molecule has 1 amide bonds. The second-order valence-electron chi connectivity index (χ2n) is 3.21. The molecule has 1 rings (SSSR count). The normalized spacial score (nSPS) is 18.5. The van der Waals surface area contributed by atoms with Gasteiger partial charge in [0.1, 0.15) is 6.61 Å². The standard InChI is InChI=1S/C9H18N2O2/c1-2-11-9(12)7-13-8-3-5-10-6-4-8/h8,10H,2-7H2,1H3,(H,11,12). The molecule has 0 aromatic heterocycles. The lowest BCUT2D eigenvalue weighted by Crippen LogP contribution is -2.35. The summed E-state index contributed by atoms with van der Waals surface area (Å²) in [5.41, 5.74) is 0. The number of ether oxygens (including phenoxy) is 1. The van der Waals surface area contributed by atoms with E-state index in [1.165, 1.54) is 0 Å². The molecule has 0 unspecified atom stereocenters. The van der Waals surface area contributed by atoms with Gasteiger partial charge in [-0.25, -0.2) is 0 Å². The lowest BCUT2D eigenvalue weighted by molar-refractivity contribution is -0.128. The molecule has 1 heterocycles. The van der Waals surface area contributed by atoms with Gasteiger partial charge in [-0.3, -0.25) is 4.79 Å². The summed E-state index contributed by atoms with van der Waals surface area (Å²) in [6.07, 6.45) is 2.29. The van der Waals surface area contributed by atoms with Gasteiger partial charge in [0, 0.05) is 6.54 Å². The molecule has 4 nitrogen and oxygen atoms in total. The van der Waals surface area contributed by atoms with Crippen molar-refractivity contribution in [2.75, 3.05) is 26.2 Å². The van der Waals surface area contributed by atoms with Gasteiger partial charge >= 0.3 is 0 Å². The Morgan fingerprint density at radius 2 is 2.23 bits per heavy atom. The minimum Gasteiger partial charge on any atom is -0.368 e. The fourth-order valence-corrected chi connectivity index (χ4v) is 1.40. The molecule has 1 aliphatic heterocycles. The molecule has 0 aliphatic carbocycles. The van der Waals surface area contributed by atoms with Crippen molar-refractivity contribution in [3.63, 3.8) is 0 Å². The maximum Gasteiger partial charge on any atom is 0.246 e. The largest absolute Gasteiger partial charge is 0.368 e. The third-order valence-electron chi connectivity index (χ3n) is 2.11. The van der Waals surface area contributed by atoms with Crippen LogP contribution in [-0.4, -0.2) is 38.3 Å². The minimum absolute atomic E-state index is 0.0129. The van der Waals surface area contributed by atoms with E-state index >= 15 is 0 Å². The van der Waals surface area contributed by atoms with E-state index in [1.807, 2.05) is 6.92 Å². The number of likely N-dealkylation sites (N-methyl/N-ethyl adjacent to an activating group) is 1. The highest BCUT2D eigenvalue weighted by molar-refractivity contribution is 5.77. The van der Waals surface area contributed by atoms with Crippen molar-refractivity contribution in [1.29, 1.82) is 0 Å². The van der Waals surface area contributed by atoms with Gasteiger partial charge in [-0.05, 0) is 32.9 Å². The van der Waals surface area contributed by atoms with E-state index in [9.17, 15) is 4.79 Å². The third kappa shape index (κ3) is 4.24.